The van der Waals surface area contributed by atoms with Crippen molar-refractivity contribution < 1.29 is 28.6 Å². The zero-order chi connectivity index (χ0) is 55.7. The summed E-state index contributed by atoms with van der Waals surface area (Å²) in [5.41, 5.74) is 0. The van der Waals surface area contributed by atoms with Crippen molar-refractivity contribution in [2.24, 2.45) is 0 Å². The minimum atomic E-state index is -0.763. The van der Waals surface area contributed by atoms with Crippen LogP contribution in [-0.2, 0) is 28.6 Å². The monoisotopic (exact) mass is 1090 g/mol. The Bertz CT molecular complexity index is 1160. The van der Waals surface area contributed by atoms with E-state index in [9.17, 15) is 14.4 Å². The number of carbonyl (C=O) groups is 3. The number of hydrogen-bond donors (Lipinski definition) is 0. The Kier molecular flexibility index (Phi) is 65.5. The van der Waals surface area contributed by atoms with Crippen LogP contribution in [0, 0.1) is 0 Å². The van der Waals surface area contributed by atoms with Gasteiger partial charge >= 0.3 is 17.9 Å². The van der Waals surface area contributed by atoms with Gasteiger partial charge in [-0.15, -0.1) is 0 Å². The summed E-state index contributed by atoms with van der Waals surface area (Å²) < 4.78 is 17.0. The molecule has 0 aromatic carbocycles. The Hall–Kier alpha value is -1.59. The van der Waals surface area contributed by atoms with E-state index in [1.165, 1.54) is 321 Å². The van der Waals surface area contributed by atoms with Gasteiger partial charge in [-0.2, -0.15) is 0 Å². The molecule has 0 saturated heterocycles. The second-order valence-electron chi connectivity index (χ2n) is 24.5. The predicted octanol–water partition coefficient (Wildman–Crippen LogP) is 24.2. The molecule has 0 fully saturated rings. The number of carbonyl (C=O) groups excluding carboxylic acids is 3. The summed E-state index contributed by atoms with van der Waals surface area (Å²) >= 11 is 0. The summed E-state index contributed by atoms with van der Waals surface area (Å²) in [6.07, 6.45) is 78.6. The van der Waals surface area contributed by atoms with Gasteiger partial charge in [0.15, 0.2) is 6.10 Å². The summed E-state index contributed by atoms with van der Waals surface area (Å²) in [6, 6.07) is 0. The first-order valence-corrected chi connectivity index (χ1v) is 35.5. The van der Waals surface area contributed by atoms with Gasteiger partial charge in [-0.25, -0.2) is 0 Å². The van der Waals surface area contributed by atoms with Crippen LogP contribution in [0.15, 0.2) is 0 Å². The average Bonchev–Trinajstić information content (AvgIpc) is 3.43. The van der Waals surface area contributed by atoms with Crippen molar-refractivity contribution in [2.45, 2.75) is 425 Å². The molecule has 0 aliphatic rings. The summed E-state index contributed by atoms with van der Waals surface area (Å²) in [6.45, 7) is 6.73. The molecule has 0 spiro atoms. The van der Waals surface area contributed by atoms with E-state index in [4.69, 9.17) is 14.2 Å². The number of ether oxygens (including phenoxy) is 3. The lowest BCUT2D eigenvalue weighted by atomic mass is 10.0. The highest BCUT2D eigenvalue weighted by Crippen LogP contribution is 2.19. The van der Waals surface area contributed by atoms with Crippen molar-refractivity contribution in [1.29, 1.82) is 0 Å². The SMILES string of the molecule is CCCCCCCCCCCCCCCCCCCCCCCCCCCCC(=O)OCC(COC(=O)CCCCCCCCCCCCC)OC(=O)CCCCCCCCCCCCCCCCCCCCCCCC. The van der Waals surface area contributed by atoms with Gasteiger partial charge in [0.1, 0.15) is 13.2 Å². The van der Waals surface area contributed by atoms with E-state index in [2.05, 4.69) is 20.8 Å². The van der Waals surface area contributed by atoms with Gasteiger partial charge < -0.3 is 14.2 Å². The maximum Gasteiger partial charge on any atom is 0.306 e. The van der Waals surface area contributed by atoms with Crippen LogP contribution in [0.1, 0.15) is 419 Å². The molecule has 1 atom stereocenters. The van der Waals surface area contributed by atoms with Crippen molar-refractivity contribution >= 4 is 17.9 Å². The van der Waals surface area contributed by atoms with E-state index in [1.54, 1.807) is 0 Å². The molecule has 0 aliphatic heterocycles. The normalized spacial score (nSPS) is 11.9. The summed E-state index contributed by atoms with van der Waals surface area (Å²) in [5, 5.41) is 0. The molecular formula is C71H138O6. The van der Waals surface area contributed by atoms with E-state index in [-0.39, 0.29) is 31.1 Å². The lowest BCUT2D eigenvalue weighted by molar-refractivity contribution is -0.167. The van der Waals surface area contributed by atoms with Gasteiger partial charge in [0, 0.05) is 19.3 Å². The lowest BCUT2D eigenvalue weighted by Gasteiger charge is -2.18. The largest absolute Gasteiger partial charge is 0.462 e. The molecule has 0 amide bonds. The zero-order valence-electron chi connectivity index (χ0n) is 52.8. The topological polar surface area (TPSA) is 78.9 Å². The van der Waals surface area contributed by atoms with Gasteiger partial charge in [-0.05, 0) is 19.3 Å². The van der Waals surface area contributed by atoms with Gasteiger partial charge in [0.25, 0.3) is 0 Å². The lowest BCUT2D eigenvalue weighted by Crippen LogP contribution is -2.30. The molecule has 0 saturated carbocycles. The van der Waals surface area contributed by atoms with E-state index >= 15 is 0 Å². The van der Waals surface area contributed by atoms with E-state index in [0.29, 0.717) is 19.3 Å². The zero-order valence-corrected chi connectivity index (χ0v) is 52.8. The van der Waals surface area contributed by atoms with Crippen molar-refractivity contribution in [3.05, 3.63) is 0 Å². The second-order valence-corrected chi connectivity index (χ2v) is 24.5. The van der Waals surface area contributed by atoms with Crippen LogP contribution in [-0.4, -0.2) is 37.2 Å². The van der Waals surface area contributed by atoms with Crippen LogP contribution in [0.2, 0.25) is 0 Å². The Balaban J connectivity index is 4.13. The molecule has 0 rings (SSSR count). The van der Waals surface area contributed by atoms with Crippen LogP contribution in [0.5, 0.6) is 0 Å². The molecule has 0 heterocycles. The smallest absolute Gasteiger partial charge is 0.306 e. The molecule has 0 aromatic rings. The fourth-order valence-electron chi connectivity index (χ4n) is 11.3. The molecule has 1 unspecified atom stereocenters. The maximum absolute atomic E-state index is 12.9. The number of hydrogen-bond acceptors (Lipinski definition) is 6. The minimum absolute atomic E-state index is 0.0604. The Labute approximate surface area is 482 Å². The minimum Gasteiger partial charge on any atom is -0.462 e. The molecule has 0 N–H and O–H groups in total. The highest BCUT2D eigenvalue weighted by Gasteiger charge is 2.19. The van der Waals surface area contributed by atoms with Crippen LogP contribution in [0.25, 0.3) is 0 Å². The number of unbranched alkanes of at least 4 members (excludes halogenated alkanes) is 56. The summed E-state index contributed by atoms with van der Waals surface area (Å²) in [4.78, 5) is 38.4. The van der Waals surface area contributed by atoms with Crippen molar-refractivity contribution in [1.82, 2.24) is 0 Å². The molecule has 0 aliphatic carbocycles. The van der Waals surface area contributed by atoms with Crippen LogP contribution >= 0.6 is 0 Å². The maximum atomic E-state index is 12.9. The quantitative estimate of drug-likeness (QED) is 0.0343. The summed E-state index contributed by atoms with van der Waals surface area (Å²) in [7, 11) is 0. The van der Waals surface area contributed by atoms with Gasteiger partial charge in [0.05, 0.1) is 0 Å². The van der Waals surface area contributed by atoms with Crippen LogP contribution < -0.4 is 0 Å². The highest BCUT2D eigenvalue weighted by molar-refractivity contribution is 5.71. The Morgan fingerprint density at radius 3 is 0.519 bits per heavy atom. The van der Waals surface area contributed by atoms with Gasteiger partial charge in [-0.1, -0.05) is 380 Å². The second kappa shape index (κ2) is 66.9. The molecule has 458 valence electrons. The van der Waals surface area contributed by atoms with Crippen LogP contribution in [0.3, 0.4) is 0 Å². The number of esters is 3. The van der Waals surface area contributed by atoms with Gasteiger partial charge in [0.2, 0.25) is 0 Å². The third kappa shape index (κ3) is 65.1. The van der Waals surface area contributed by atoms with E-state index in [0.717, 1.165) is 57.8 Å². The summed E-state index contributed by atoms with van der Waals surface area (Å²) in [5.74, 6) is -0.822. The molecule has 77 heavy (non-hydrogen) atoms. The third-order valence-electron chi connectivity index (χ3n) is 16.6. The van der Waals surface area contributed by atoms with Crippen LogP contribution in [0.4, 0.5) is 0 Å². The van der Waals surface area contributed by atoms with Crippen molar-refractivity contribution in [3.8, 4) is 0 Å². The predicted molar refractivity (Wildman–Crippen MR) is 335 cm³/mol. The van der Waals surface area contributed by atoms with Crippen molar-refractivity contribution in [3.63, 3.8) is 0 Å². The molecule has 0 bridgehead atoms. The molecule has 0 radical (unpaired) electrons. The Morgan fingerprint density at radius 2 is 0.351 bits per heavy atom. The third-order valence-corrected chi connectivity index (χ3v) is 16.6. The average molecular weight is 1090 g/mol. The van der Waals surface area contributed by atoms with E-state index < -0.39 is 6.10 Å². The number of rotatable bonds is 67. The first-order chi connectivity index (χ1) is 38.0. The highest BCUT2D eigenvalue weighted by atomic mass is 16.6. The van der Waals surface area contributed by atoms with Gasteiger partial charge in [-0.3, -0.25) is 14.4 Å². The Morgan fingerprint density at radius 1 is 0.208 bits per heavy atom. The fourth-order valence-corrected chi connectivity index (χ4v) is 11.3. The molecule has 6 nitrogen and oxygen atoms in total. The van der Waals surface area contributed by atoms with E-state index in [1.807, 2.05) is 0 Å². The molecule has 0 aromatic heterocycles. The standard InChI is InChI=1S/C71H138O6/c1-4-7-10-13-16-19-22-24-26-28-30-32-34-35-36-37-39-40-42-44-46-49-52-55-58-61-64-70(73)76-67-68(66-75-69(72)63-60-57-54-51-48-21-18-15-12-9-6-3)77-71(74)65-62-59-56-53-50-47-45-43-41-38-33-31-29-27-25-23-20-17-14-11-8-5-2/h68H,4-67H2,1-3H3. The molecular weight excluding hydrogens is 949 g/mol. The van der Waals surface area contributed by atoms with Crippen molar-refractivity contribution in [2.75, 3.05) is 13.2 Å². The first kappa shape index (κ1) is 75.4. The fraction of sp³-hybridized carbons (Fsp3) is 0.958. The first-order valence-electron chi connectivity index (χ1n) is 35.5. The molecule has 6 heteroatoms.